The van der Waals surface area contributed by atoms with Gasteiger partial charge in [0.1, 0.15) is 24.4 Å². The number of Topliss-reactive ketones (excluding diaryl/α,β-unsaturated/α-hetero) is 2. The van der Waals surface area contributed by atoms with Crippen LogP contribution in [0.4, 0.5) is 26.3 Å². The second kappa shape index (κ2) is 18.6. The van der Waals surface area contributed by atoms with E-state index in [-0.39, 0.29) is 104 Å². The van der Waals surface area contributed by atoms with E-state index in [9.17, 15) is 40.7 Å². The highest BCUT2D eigenvalue weighted by Crippen LogP contribution is 2.69. The molecule has 0 spiro atoms. The number of alkyl halides is 6. The van der Waals surface area contributed by atoms with Crippen LogP contribution in [0.15, 0.2) is 0 Å². The topological polar surface area (TPSA) is 97.4 Å². The lowest BCUT2D eigenvalue weighted by Gasteiger charge is -2.63. The van der Waals surface area contributed by atoms with Gasteiger partial charge in [-0.15, -0.1) is 0 Å². The minimum Gasteiger partial charge on any atom is -0.458 e. The lowest BCUT2D eigenvalue weighted by Crippen LogP contribution is -2.62. The second-order valence-electron chi connectivity index (χ2n) is 26.3. The van der Waals surface area contributed by atoms with Gasteiger partial charge in [0.2, 0.25) is 0 Å². The van der Waals surface area contributed by atoms with Gasteiger partial charge in [-0.25, -0.2) is 9.78 Å². The van der Waals surface area contributed by atoms with Gasteiger partial charge >= 0.3 is 18.3 Å². The summed E-state index contributed by atoms with van der Waals surface area (Å²) in [5.74, 6) is 4.08. The summed E-state index contributed by atoms with van der Waals surface area (Å²) < 4.78 is 103. The van der Waals surface area contributed by atoms with Crippen LogP contribution in [0.5, 0.6) is 0 Å². The van der Waals surface area contributed by atoms with Gasteiger partial charge in [-0.3, -0.25) is 14.4 Å². The van der Waals surface area contributed by atoms with Crippen LogP contribution in [0, 0.1) is 87.3 Å². The fourth-order valence-corrected chi connectivity index (χ4v) is 19.3. The number of halogens is 6. The third-order valence-electron chi connectivity index (χ3n) is 21.7. The number of hydrogen-bond acceptors (Lipinski definition) is 8. The molecule has 0 N–H and O–H groups in total. The second-order valence-corrected chi connectivity index (χ2v) is 26.3. The van der Waals surface area contributed by atoms with Gasteiger partial charge in [0.15, 0.2) is 17.0 Å². The first-order chi connectivity index (χ1) is 32.5. The summed E-state index contributed by atoms with van der Waals surface area (Å²) in [4.78, 5) is 49.2. The summed E-state index contributed by atoms with van der Waals surface area (Å²) in [6.45, 7) is 7.61. The van der Waals surface area contributed by atoms with E-state index in [1.807, 2.05) is 0 Å². The van der Waals surface area contributed by atoms with Crippen LogP contribution >= 0.6 is 0 Å². The van der Waals surface area contributed by atoms with Crippen molar-refractivity contribution in [2.75, 3.05) is 19.8 Å². The van der Waals surface area contributed by atoms with Crippen LogP contribution in [0.25, 0.3) is 0 Å². The van der Waals surface area contributed by atoms with E-state index in [0.717, 1.165) is 42.9 Å². The Hall–Kier alpha value is -1.77. The van der Waals surface area contributed by atoms with Gasteiger partial charge in [-0.2, -0.15) is 26.3 Å². The minimum atomic E-state index is -5.44. The van der Waals surface area contributed by atoms with Crippen molar-refractivity contribution >= 4 is 17.5 Å². The molecule has 14 aliphatic rings. The lowest BCUT2D eigenvalue weighted by molar-refractivity contribution is -0.411. The van der Waals surface area contributed by atoms with E-state index >= 15 is 0 Å². The predicted molar refractivity (Wildman–Crippen MR) is 243 cm³/mol. The zero-order valence-electron chi connectivity index (χ0n) is 41.7. The van der Waals surface area contributed by atoms with Gasteiger partial charge in [0, 0.05) is 0 Å². The summed E-state index contributed by atoms with van der Waals surface area (Å²) in [5.41, 5.74) is -4.25. The first-order valence-electron chi connectivity index (χ1n) is 27.4. The molecule has 0 aliphatic heterocycles. The summed E-state index contributed by atoms with van der Waals surface area (Å²) in [6, 6.07) is 0. The van der Waals surface area contributed by atoms with Crippen molar-refractivity contribution in [1.29, 1.82) is 0 Å². The molecule has 0 aromatic heterocycles. The summed E-state index contributed by atoms with van der Waals surface area (Å²) in [6.07, 6.45) is 7.63. The maximum atomic E-state index is 14.3. The number of rotatable bonds is 14. The molecule has 2 unspecified atom stereocenters. The zero-order valence-corrected chi connectivity index (χ0v) is 41.7. The maximum Gasteiger partial charge on any atom is 0.403 e. The van der Waals surface area contributed by atoms with E-state index in [2.05, 4.69) is 13.8 Å². The molecule has 0 aromatic carbocycles. The molecule has 0 radical (unpaired) electrons. The van der Waals surface area contributed by atoms with Crippen LogP contribution in [0.3, 0.4) is 0 Å². The molecular formula is C55H80F6O8. The van der Waals surface area contributed by atoms with Crippen molar-refractivity contribution in [3.63, 3.8) is 0 Å². The van der Waals surface area contributed by atoms with Crippen LogP contribution in [0.1, 0.15) is 182 Å². The number of hydrogen-bond donors (Lipinski definition) is 0. The standard InChI is InChI=1S/C34H50O4.C21H30F6O4/c1-31(26-6-20-3-21(8-26)9-27(31)7-20)37-30(35)34-16-24-5-25(17-34)15-33(14-24,18-34)19-36-38-32(2)28-10-22-4-23(12-28)13-29(32)11-22;1-13(28)11-30-17-7-3-15(4-8-17)19(20(22,23)24,21(25,26)27)16-5-9-18(10-6-16)31-12-14(2)29/h20-29H,3-19H2,1-2H3;15-18H,3-12H2,1-2H3. The molecule has 2 atom stereocenters. The van der Waals surface area contributed by atoms with Gasteiger partial charge in [0.05, 0.1) is 24.2 Å². The van der Waals surface area contributed by atoms with Crippen molar-refractivity contribution in [3.8, 4) is 0 Å². The number of carbonyl (C=O) groups is 3. The van der Waals surface area contributed by atoms with Crippen LogP contribution in [-0.2, 0) is 38.4 Å². The number of ketones is 2. The summed E-state index contributed by atoms with van der Waals surface area (Å²) >= 11 is 0. The Morgan fingerprint density at radius 3 is 1.26 bits per heavy atom. The third kappa shape index (κ3) is 9.32. The Kier molecular flexibility index (Phi) is 13.6. The first kappa shape index (κ1) is 50.7. The molecule has 0 saturated heterocycles. The van der Waals surface area contributed by atoms with Crippen molar-refractivity contribution in [3.05, 3.63) is 0 Å². The highest BCUT2D eigenvalue weighted by Gasteiger charge is 2.76. The molecule has 14 rings (SSSR count). The molecule has 14 saturated carbocycles. The number of ether oxygens (including phenoxy) is 3. The quantitative estimate of drug-likeness (QED) is 0.0735. The van der Waals surface area contributed by atoms with Gasteiger partial charge in [-0.1, -0.05) is 0 Å². The van der Waals surface area contributed by atoms with Crippen molar-refractivity contribution in [1.82, 2.24) is 0 Å². The Morgan fingerprint density at radius 2 is 0.884 bits per heavy atom. The minimum absolute atomic E-state index is 0.0585. The molecule has 69 heavy (non-hydrogen) atoms. The largest absolute Gasteiger partial charge is 0.458 e. The molecule has 0 amide bonds. The van der Waals surface area contributed by atoms with E-state index < -0.39 is 41.8 Å². The van der Waals surface area contributed by atoms with Crippen LogP contribution in [0.2, 0.25) is 0 Å². The van der Waals surface area contributed by atoms with E-state index in [4.69, 9.17) is 24.0 Å². The fourth-order valence-electron chi connectivity index (χ4n) is 19.3. The molecule has 0 aromatic rings. The predicted octanol–water partition coefficient (Wildman–Crippen LogP) is 12.9. The number of carbonyl (C=O) groups excluding carboxylic acids is 3. The monoisotopic (exact) mass is 983 g/mol. The van der Waals surface area contributed by atoms with Crippen molar-refractivity contribution in [2.24, 2.45) is 87.3 Å². The number of esters is 1. The van der Waals surface area contributed by atoms with Gasteiger partial charge < -0.3 is 14.2 Å². The van der Waals surface area contributed by atoms with Crippen molar-refractivity contribution in [2.45, 2.75) is 218 Å². The molecule has 12 bridgehead atoms. The smallest absolute Gasteiger partial charge is 0.403 e. The van der Waals surface area contributed by atoms with Crippen LogP contribution < -0.4 is 0 Å². The normalized spacial score (nSPS) is 46.1. The van der Waals surface area contributed by atoms with Crippen molar-refractivity contribution < 1.29 is 64.7 Å². The Balaban J connectivity index is 0.000000165. The molecule has 390 valence electrons. The van der Waals surface area contributed by atoms with Gasteiger partial charge in [-0.05, 0) is 258 Å². The highest BCUT2D eigenvalue weighted by molar-refractivity contribution is 5.78. The average molecular weight is 983 g/mol. The Labute approximate surface area is 405 Å². The molecule has 14 aliphatic carbocycles. The maximum absolute atomic E-state index is 14.3. The summed E-state index contributed by atoms with van der Waals surface area (Å²) in [7, 11) is 0. The Morgan fingerprint density at radius 1 is 0.507 bits per heavy atom. The highest BCUT2D eigenvalue weighted by atomic mass is 19.4. The SMILES string of the molecule is CC(=O)COC1CCC(C(C2CCC(OCC(C)=O)CC2)(C(F)(F)F)C(F)(F)F)CC1.CC1(OOCC23CC4CC(C2)CC(C(=O)OC2(C)C5CC6CC(C5)CC2C6)(C4)C3)C2CC3CC(C2)CC1C3. The fraction of sp³-hybridized carbons (Fsp3) is 0.945. The first-order valence-corrected chi connectivity index (χ1v) is 27.4. The van der Waals surface area contributed by atoms with Gasteiger partial charge in [0.25, 0.3) is 0 Å². The molecule has 8 nitrogen and oxygen atoms in total. The van der Waals surface area contributed by atoms with E-state index in [0.29, 0.717) is 42.1 Å². The Bertz CT molecular complexity index is 1770. The van der Waals surface area contributed by atoms with Crippen LogP contribution in [-0.4, -0.2) is 73.1 Å². The molecular weight excluding hydrogens is 903 g/mol. The third-order valence-corrected chi connectivity index (χ3v) is 21.7. The lowest BCUT2D eigenvalue weighted by atomic mass is 9.44. The molecule has 0 heterocycles. The van der Waals surface area contributed by atoms with E-state index in [1.165, 1.54) is 97.3 Å². The average Bonchev–Trinajstić information content (AvgIpc) is 3.25. The van der Waals surface area contributed by atoms with E-state index in [1.54, 1.807) is 0 Å². The molecule has 14 fully saturated rings. The summed E-state index contributed by atoms with van der Waals surface area (Å²) in [5, 5.41) is 0. The zero-order chi connectivity index (χ0) is 48.9. The molecule has 14 heteroatoms.